The van der Waals surface area contributed by atoms with Gasteiger partial charge in [0.05, 0.1) is 0 Å². The molecule has 0 atom stereocenters. The van der Waals surface area contributed by atoms with Gasteiger partial charge < -0.3 is 0 Å². The third kappa shape index (κ3) is 2.63. The van der Waals surface area contributed by atoms with Crippen LogP contribution in [0.25, 0.3) is 10.8 Å². The van der Waals surface area contributed by atoms with Gasteiger partial charge in [0.15, 0.2) is 0 Å². The number of rotatable bonds is 2. The Kier molecular flexibility index (Phi) is 4.57. The molecule has 0 spiro atoms. The standard InChI is InChI=1S/C26H24.Y/c1-2-8-22(9-3-1)26(23-11-10-20-6-4-5-7-21(20)17-23)24-13-18-12-19(15-24)16-25(26)14-18;/h1-8,10,17-19,24-25H,12-16H2;/q-2;. The molecule has 1 heteroatoms. The Morgan fingerprint density at radius 2 is 1.37 bits per heavy atom. The van der Waals surface area contributed by atoms with Crippen LogP contribution in [0.3, 0.4) is 0 Å². The van der Waals surface area contributed by atoms with Crippen LogP contribution in [0.4, 0.5) is 0 Å². The smallest absolute Gasteiger partial charge is 0 e. The van der Waals surface area contributed by atoms with E-state index in [-0.39, 0.29) is 38.1 Å². The second kappa shape index (κ2) is 6.82. The summed E-state index contributed by atoms with van der Waals surface area (Å²) in [5.41, 5.74) is 2.96. The minimum absolute atomic E-state index is 0. The molecular weight excluding hydrogens is 401 g/mol. The van der Waals surface area contributed by atoms with E-state index in [9.17, 15) is 0 Å². The molecule has 3 aromatic rings. The Balaban J connectivity index is 0.00000160. The molecule has 4 aliphatic rings. The fraction of sp³-hybridized carbons (Fsp3) is 0.385. The summed E-state index contributed by atoms with van der Waals surface area (Å²) in [6.45, 7) is 0. The van der Waals surface area contributed by atoms with Crippen molar-refractivity contribution in [1.29, 1.82) is 0 Å². The van der Waals surface area contributed by atoms with Crippen molar-refractivity contribution in [2.24, 2.45) is 23.7 Å². The molecule has 3 aromatic carbocycles. The molecule has 0 amide bonds. The van der Waals surface area contributed by atoms with Crippen LogP contribution in [-0.2, 0) is 38.1 Å². The first-order valence-electron chi connectivity index (χ1n) is 10.2. The maximum atomic E-state index is 3.76. The second-order valence-corrected chi connectivity index (χ2v) is 8.93. The second-order valence-electron chi connectivity index (χ2n) is 8.93. The normalized spacial score (nSPS) is 33.8. The Hall–Kier alpha value is -0.976. The Morgan fingerprint density at radius 3 is 2.04 bits per heavy atom. The minimum atomic E-state index is 0. The number of hydrogen-bond donors (Lipinski definition) is 0. The molecule has 0 nitrogen and oxygen atoms in total. The molecular formula is C26H24Y-2. The van der Waals surface area contributed by atoms with Crippen molar-refractivity contribution in [2.75, 3.05) is 0 Å². The average molecular weight is 425 g/mol. The molecule has 0 unspecified atom stereocenters. The van der Waals surface area contributed by atoms with Gasteiger partial charge in [0.25, 0.3) is 0 Å². The van der Waals surface area contributed by atoms with Crippen LogP contribution in [0.5, 0.6) is 0 Å². The molecule has 1 radical (unpaired) electrons. The molecule has 0 aromatic heterocycles. The van der Waals surface area contributed by atoms with E-state index < -0.39 is 0 Å². The van der Waals surface area contributed by atoms with Crippen LogP contribution >= 0.6 is 0 Å². The maximum absolute atomic E-state index is 3.76. The molecule has 0 N–H and O–H groups in total. The molecule has 4 fully saturated rings. The summed E-state index contributed by atoms with van der Waals surface area (Å²) in [6, 6.07) is 29.6. The zero-order chi connectivity index (χ0) is 17.1. The van der Waals surface area contributed by atoms with Gasteiger partial charge in [0.1, 0.15) is 0 Å². The first-order chi connectivity index (χ1) is 12.8. The Labute approximate surface area is 187 Å². The van der Waals surface area contributed by atoms with Crippen molar-refractivity contribution in [3.8, 4) is 0 Å². The summed E-state index contributed by atoms with van der Waals surface area (Å²) in [5, 5.41) is 2.65. The largest absolute Gasteiger partial charge is 0.180 e. The third-order valence-corrected chi connectivity index (χ3v) is 7.71. The molecule has 7 rings (SSSR count). The van der Waals surface area contributed by atoms with Crippen molar-refractivity contribution in [2.45, 2.75) is 37.5 Å². The van der Waals surface area contributed by atoms with E-state index in [1.807, 2.05) is 0 Å². The fourth-order valence-corrected chi connectivity index (χ4v) is 6.97. The molecule has 4 saturated carbocycles. The number of benzene rings is 3. The Morgan fingerprint density at radius 1 is 0.704 bits per heavy atom. The van der Waals surface area contributed by atoms with Gasteiger partial charge in [-0.2, -0.15) is 59.7 Å². The SMILES string of the molecule is [Y].[c-]1ccccc1C1(c2[c-]cc3ccccc3c2)C2CC3CC(C2)CC1C3. The van der Waals surface area contributed by atoms with E-state index in [0.29, 0.717) is 0 Å². The van der Waals surface area contributed by atoms with Crippen LogP contribution < -0.4 is 0 Å². The monoisotopic (exact) mass is 425 g/mol. The maximum Gasteiger partial charge on any atom is 0 e. The number of fused-ring (bicyclic) bond motifs is 1. The number of hydrogen-bond acceptors (Lipinski definition) is 0. The fourth-order valence-electron chi connectivity index (χ4n) is 6.97. The van der Waals surface area contributed by atoms with Crippen molar-refractivity contribution >= 4 is 10.8 Å². The van der Waals surface area contributed by atoms with Crippen molar-refractivity contribution < 1.29 is 32.7 Å². The summed E-state index contributed by atoms with van der Waals surface area (Å²) >= 11 is 0. The first-order valence-corrected chi connectivity index (χ1v) is 10.2. The third-order valence-electron chi connectivity index (χ3n) is 7.71. The van der Waals surface area contributed by atoms with Crippen LogP contribution in [-0.4, -0.2) is 0 Å². The van der Waals surface area contributed by atoms with Gasteiger partial charge >= 0.3 is 0 Å². The first kappa shape index (κ1) is 18.1. The Bertz CT molecular complexity index is 930. The van der Waals surface area contributed by atoms with Gasteiger partial charge in [-0.25, -0.2) is 0 Å². The molecule has 0 aliphatic heterocycles. The van der Waals surface area contributed by atoms with Crippen molar-refractivity contribution in [1.82, 2.24) is 0 Å². The predicted octanol–water partition coefficient (Wildman–Crippen LogP) is 6.18. The predicted molar refractivity (Wildman–Crippen MR) is 106 cm³/mol. The summed E-state index contributed by atoms with van der Waals surface area (Å²) in [7, 11) is 0. The van der Waals surface area contributed by atoms with Crippen LogP contribution in [0, 0.1) is 35.8 Å². The summed E-state index contributed by atoms with van der Waals surface area (Å²) in [4.78, 5) is 0. The van der Waals surface area contributed by atoms with Gasteiger partial charge in [0.2, 0.25) is 0 Å². The van der Waals surface area contributed by atoms with Crippen LogP contribution in [0.1, 0.15) is 43.2 Å². The van der Waals surface area contributed by atoms with Gasteiger partial charge in [0, 0.05) is 32.7 Å². The van der Waals surface area contributed by atoms with Crippen molar-refractivity contribution in [3.05, 3.63) is 83.9 Å². The molecule has 0 saturated heterocycles. The summed E-state index contributed by atoms with van der Waals surface area (Å²) < 4.78 is 0. The topological polar surface area (TPSA) is 0 Å². The molecule has 133 valence electrons. The summed E-state index contributed by atoms with van der Waals surface area (Å²) in [6.07, 6.45) is 7.09. The van der Waals surface area contributed by atoms with Gasteiger partial charge in [-0.1, -0.05) is 18.2 Å². The van der Waals surface area contributed by atoms with Crippen molar-refractivity contribution in [3.63, 3.8) is 0 Å². The van der Waals surface area contributed by atoms with Crippen LogP contribution in [0.15, 0.2) is 60.7 Å². The zero-order valence-electron chi connectivity index (χ0n) is 15.7. The van der Waals surface area contributed by atoms with E-state index >= 15 is 0 Å². The zero-order valence-corrected chi connectivity index (χ0v) is 18.5. The van der Waals surface area contributed by atoms with E-state index in [0.717, 1.165) is 23.7 Å². The van der Waals surface area contributed by atoms with E-state index in [1.54, 1.807) is 0 Å². The summed E-state index contributed by atoms with van der Waals surface area (Å²) in [5.74, 6) is 3.45. The van der Waals surface area contributed by atoms with Crippen LogP contribution in [0.2, 0.25) is 0 Å². The van der Waals surface area contributed by atoms with Gasteiger partial charge in [-0.3, -0.25) is 0 Å². The van der Waals surface area contributed by atoms with E-state index in [2.05, 4.69) is 72.8 Å². The molecule has 0 heterocycles. The average Bonchev–Trinajstić information content (AvgIpc) is 2.68. The van der Waals surface area contributed by atoms with E-state index in [4.69, 9.17) is 0 Å². The molecule has 4 aliphatic carbocycles. The minimum Gasteiger partial charge on any atom is -0.180 e. The molecule has 27 heavy (non-hydrogen) atoms. The van der Waals surface area contributed by atoms with Gasteiger partial charge in [-0.05, 0) is 61.2 Å². The van der Waals surface area contributed by atoms with Gasteiger partial charge in [-0.15, -0.1) is 16.8 Å². The molecule has 4 bridgehead atoms. The quantitative estimate of drug-likeness (QED) is 0.430. The van der Waals surface area contributed by atoms with E-state index in [1.165, 1.54) is 54.0 Å².